The topological polar surface area (TPSA) is 26.0 Å². The van der Waals surface area contributed by atoms with Gasteiger partial charge >= 0.3 is 0 Å². The van der Waals surface area contributed by atoms with Crippen LogP contribution in [0, 0.1) is 0 Å². The third-order valence-electron chi connectivity index (χ3n) is 0. The van der Waals surface area contributed by atoms with Crippen molar-refractivity contribution in [1.82, 2.24) is 0 Å². The molecule has 0 unspecified atom stereocenters. The van der Waals surface area contributed by atoms with Crippen molar-refractivity contribution in [3.05, 3.63) is 0 Å². The molecule has 0 spiro atoms. The van der Waals surface area contributed by atoms with E-state index in [-0.39, 0.29) is 44.3 Å². The van der Waals surface area contributed by atoms with Gasteiger partial charge in [0, 0.05) is 44.3 Å². The van der Waals surface area contributed by atoms with Crippen LogP contribution in [-0.4, -0.2) is 34.3 Å². The summed E-state index contributed by atoms with van der Waals surface area (Å²) in [4.78, 5) is 0. The summed E-state index contributed by atoms with van der Waals surface area (Å²) in [7, 11) is 1.50. The van der Waals surface area contributed by atoms with Crippen molar-refractivity contribution in [3.63, 3.8) is 0 Å². The maximum atomic E-state index is 4.50. The Labute approximate surface area is 56.9 Å². The molecule has 0 aliphatic rings. The summed E-state index contributed by atoms with van der Waals surface area (Å²) >= 11 is 0. The average molecular weight is 318 g/mol. The summed E-state index contributed by atoms with van der Waals surface area (Å²) in [6.07, 6.45) is 0. The maximum Gasteiger partial charge on any atom is 0 e. The van der Waals surface area contributed by atoms with Crippen LogP contribution in [0.15, 0.2) is 0 Å². The van der Waals surface area contributed by atoms with Crippen molar-refractivity contribution in [3.8, 4) is 0 Å². The largest absolute Gasteiger partial charge is 0.333 e. The van der Waals surface area contributed by atoms with Crippen molar-refractivity contribution in [1.29, 1.82) is 0 Å². The van der Waals surface area contributed by atoms with E-state index >= 15 is 0 Å². The molecule has 0 aliphatic heterocycles. The van der Waals surface area contributed by atoms with Crippen molar-refractivity contribution < 1.29 is 0 Å². The minimum Gasteiger partial charge on any atom is -0.333 e. The van der Waals surface area contributed by atoms with Crippen LogP contribution in [0.3, 0.4) is 0 Å². The molecule has 0 aliphatic carbocycles. The van der Waals surface area contributed by atoms with Gasteiger partial charge < -0.3 is 5.73 Å². The minimum absolute atomic E-state index is 0. The number of halogens is 1. The molecule has 0 amide bonds. The second kappa shape index (κ2) is 26.6. The van der Waals surface area contributed by atoms with Crippen molar-refractivity contribution in [2.24, 2.45) is 5.73 Å². The molecular weight excluding hydrogens is 313 g/mol. The number of hydrogen-bond donors (Lipinski definition) is 1. The Balaban J connectivity index is -0.00000000500. The van der Waals surface area contributed by atoms with E-state index in [4.69, 9.17) is 0 Å². The molecule has 5 radical (unpaired) electrons. The summed E-state index contributed by atoms with van der Waals surface area (Å²) in [5, 5.41) is 0. The molecule has 25 valence electrons. The molecule has 0 saturated heterocycles. The molecule has 4 heavy (non-hydrogen) atoms. The van der Waals surface area contributed by atoms with E-state index in [1.807, 2.05) is 0 Å². The van der Waals surface area contributed by atoms with Gasteiger partial charge in [0.15, 0.2) is 0 Å². The van der Waals surface area contributed by atoms with Gasteiger partial charge in [0.1, 0.15) is 0 Å². The van der Waals surface area contributed by atoms with Crippen molar-refractivity contribution >= 4 is 44.3 Å². The Hall–Kier alpha value is 1.36. The monoisotopic (exact) mass is 318 g/mol. The normalized spacial score (nSPS) is 1.50. The zero-order chi connectivity index (χ0) is 2.00. The molecular formula is CH5BrNPb. The van der Waals surface area contributed by atoms with E-state index < -0.39 is 0 Å². The van der Waals surface area contributed by atoms with Gasteiger partial charge in [-0.2, -0.15) is 0 Å². The van der Waals surface area contributed by atoms with Gasteiger partial charge in [0.2, 0.25) is 0 Å². The molecule has 0 fully saturated rings. The van der Waals surface area contributed by atoms with Crippen molar-refractivity contribution in [2.45, 2.75) is 0 Å². The molecule has 0 aromatic carbocycles. The third kappa shape index (κ3) is 10.1. The van der Waals surface area contributed by atoms with Crippen LogP contribution < -0.4 is 5.73 Å². The smallest absolute Gasteiger partial charge is 0 e. The first-order valence-corrected chi connectivity index (χ1v) is 0.577. The Bertz CT molecular complexity index is 8.00. The van der Waals surface area contributed by atoms with Gasteiger partial charge in [0.25, 0.3) is 0 Å². The second-order valence-corrected chi connectivity index (χ2v) is 0. The van der Waals surface area contributed by atoms with Gasteiger partial charge in [-0.3, -0.25) is 0 Å². The zero-order valence-electron chi connectivity index (χ0n) is 2.46. The fourth-order valence-electron chi connectivity index (χ4n) is 0. The summed E-state index contributed by atoms with van der Waals surface area (Å²) in [5.74, 6) is 0. The van der Waals surface area contributed by atoms with E-state index in [9.17, 15) is 0 Å². The number of rotatable bonds is 0. The van der Waals surface area contributed by atoms with Crippen LogP contribution >= 0.6 is 17.0 Å². The number of hydrogen-bond acceptors (Lipinski definition) is 1. The average Bonchev–Trinajstić information content (AvgIpc) is 1.00. The SMILES string of the molecule is CN.[Br].[Pb]. The molecule has 0 bridgehead atoms. The van der Waals surface area contributed by atoms with Crippen LogP contribution in [0.1, 0.15) is 0 Å². The predicted molar refractivity (Wildman–Crippen MR) is 24.8 cm³/mol. The quantitative estimate of drug-likeness (QED) is 0.627. The van der Waals surface area contributed by atoms with E-state index in [1.54, 1.807) is 0 Å². The van der Waals surface area contributed by atoms with E-state index in [1.165, 1.54) is 7.05 Å². The van der Waals surface area contributed by atoms with Gasteiger partial charge in [-0.15, -0.1) is 0 Å². The Kier molecular flexibility index (Phi) is 122. The molecule has 3 heteroatoms. The summed E-state index contributed by atoms with van der Waals surface area (Å²) in [6.45, 7) is 0. The van der Waals surface area contributed by atoms with Gasteiger partial charge in [-0.25, -0.2) is 0 Å². The summed E-state index contributed by atoms with van der Waals surface area (Å²) < 4.78 is 0. The van der Waals surface area contributed by atoms with Crippen LogP contribution in [0.25, 0.3) is 0 Å². The first-order chi connectivity index (χ1) is 1.00. The van der Waals surface area contributed by atoms with Crippen molar-refractivity contribution in [2.75, 3.05) is 7.05 Å². The molecule has 2 N–H and O–H groups in total. The van der Waals surface area contributed by atoms with E-state index in [0.717, 1.165) is 0 Å². The third-order valence-corrected chi connectivity index (χ3v) is 0. The Morgan fingerprint density at radius 3 is 1.25 bits per heavy atom. The van der Waals surface area contributed by atoms with E-state index in [2.05, 4.69) is 5.73 Å². The first kappa shape index (κ1) is 18.3. The Morgan fingerprint density at radius 2 is 1.25 bits per heavy atom. The maximum absolute atomic E-state index is 4.50. The molecule has 0 rings (SSSR count). The standard InChI is InChI=1S/CH5N.Br.Pb/c1-2;;/h2H2,1H3;;. The Morgan fingerprint density at radius 1 is 1.25 bits per heavy atom. The predicted octanol–water partition coefficient (Wildman–Crippen LogP) is 0.0397. The second-order valence-electron chi connectivity index (χ2n) is 0. The molecule has 0 heterocycles. The summed E-state index contributed by atoms with van der Waals surface area (Å²) in [5.41, 5.74) is 4.50. The van der Waals surface area contributed by atoms with Crippen LogP contribution in [0.4, 0.5) is 0 Å². The van der Waals surface area contributed by atoms with Gasteiger partial charge in [-0.05, 0) is 7.05 Å². The van der Waals surface area contributed by atoms with Crippen LogP contribution in [-0.2, 0) is 0 Å². The van der Waals surface area contributed by atoms with Crippen LogP contribution in [0.5, 0.6) is 0 Å². The van der Waals surface area contributed by atoms with Crippen LogP contribution in [0.2, 0.25) is 0 Å². The van der Waals surface area contributed by atoms with E-state index in [0.29, 0.717) is 0 Å². The molecule has 0 atom stereocenters. The minimum atomic E-state index is 0. The molecule has 1 nitrogen and oxygen atoms in total. The summed E-state index contributed by atoms with van der Waals surface area (Å²) in [6, 6.07) is 0. The fraction of sp³-hybridized carbons (Fsp3) is 1.00. The molecule has 0 aromatic heterocycles. The molecule has 0 aromatic rings. The first-order valence-electron chi connectivity index (χ1n) is 0.577. The van der Waals surface area contributed by atoms with Gasteiger partial charge in [0.05, 0.1) is 0 Å². The fourth-order valence-corrected chi connectivity index (χ4v) is 0. The van der Waals surface area contributed by atoms with Gasteiger partial charge in [-0.1, -0.05) is 0 Å². The zero-order valence-corrected chi connectivity index (χ0v) is 7.93. The number of nitrogens with two attached hydrogens (primary N) is 1. The molecule has 0 saturated carbocycles.